The minimum Gasteiger partial charge on any atom is -0.409 e. The van der Waals surface area contributed by atoms with Gasteiger partial charge in [-0.15, -0.1) is 0 Å². The van der Waals surface area contributed by atoms with Crippen molar-refractivity contribution in [1.29, 1.82) is 0 Å². The summed E-state index contributed by atoms with van der Waals surface area (Å²) in [5.74, 6) is -0.129. The van der Waals surface area contributed by atoms with Gasteiger partial charge in [-0.1, -0.05) is 16.8 Å². The van der Waals surface area contributed by atoms with Gasteiger partial charge in [0, 0.05) is 11.8 Å². The Kier molecular flexibility index (Phi) is 3.81. The lowest BCUT2D eigenvalue weighted by atomic mass is 10.2. The number of aromatic nitrogens is 2. The van der Waals surface area contributed by atoms with E-state index in [1.165, 1.54) is 30.6 Å². The SMILES string of the molecule is N/C(=N/O)c1ccc(NS(=O)(=O)c2cn[nH]c2)c(Cl)c1. The van der Waals surface area contributed by atoms with Crippen molar-refractivity contribution in [1.82, 2.24) is 10.2 Å². The summed E-state index contributed by atoms with van der Waals surface area (Å²) in [4.78, 5) is -0.0194. The lowest BCUT2D eigenvalue weighted by Crippen LogP contribution is -2.15. The van der Waals surface area contributed by atoms with Crippen molar-refractivity contribution in [3.63, 3.8) is 0 Å². The molecule has 2 aromatic rings. The third kappa shape index (κ3) is 2.83. The van der Waals surface area contributed by atoms with E-state index in [1.807, 2.05) is 0 Å². The molecule has 0 saturated heterocycles. The Morgan fingerprint density at radius 2 is 2.25 bits per heavy atom. The molecular weight excluding hydrogens is 306 g/mol. The highest BCUT2D eigenvalue weighted by molar-refractivity contribution is 7.92. The van der Waals surface area contributed by atoms with Gasteiger partial charge in [0.05, 0.1) is 16.9 Å². The third-order valence-corrected chi connectivity index (χ3v) is 4.05. The zero-order chi connectivity index (χ0) is 14.8. The van der Waals surface area contributed by atoms with E-state index in [-0.39, 0.29) is 21.4 Å². The van der Waals surface area contributed by atoms with Crippen LogP contribution in [0.4, 0.5) is 5.69 Å². The fourth-order valence-electron chi connectivity index (χ4n) is 1.40. The number of rotatable bonds is 4. The van der Waals surface area contributed by atoms with Crippen molar-refractivity contribution in [2.45, 2.75) is 4.90 Å². The van der Waals surface area contributed by atoms with Gasteiger partial charge < -0.3 is 10.9 Å². The number of anilines is 1. The molecule has 0 atom stereocenters. The summed E-state index contributed by atoms with van der Waals surface area (Å²) in [5.41, 5.74) is 5.94. The van der Waals surface area contributed by atoms with Crippen LogP contribution in [0, 0.1) is 0 Å². The van der Waals surface area contributed by atoms with Crippen LogP contribution in [0.2, 0.25) is 5.02 Å². The molecule has 0 aliphatic carbocycles. The zero-order valence-corrected chi connectivity index (χ0v) is 11.5. The van der Waals surface area contributed by atoms with Crippen molar-refractivity contribution in [3.05, 3.63) is 41.2 Å². The molecule has 0 amide bonds. The number of benzene rings is 1. The van der Waals surface area contributed by atoms with E-state index in [0.29, 0.717) is 5.56 Å². The average Bonchev–Trinajstić information content (AvgIpc) is 2.95. The van der Waals surface area contributed by atoms with Crippen molar-refractivity contribution >= 4 is 33.1 Å². The Morgan fingerprint density at radius 1 is 1.50 bits per heavy atom. The van der Waals surface area contributed by atoms with Gasteiger partial charge in [0.15, 0.2) is 5.84 Å². The number of oxime groups is 1. The van der Waals surface area contributed by atoms with E-state index < -0.39 is 10.0 Å². The Labute approximate surface area is 119 Å². The number of hydrogen-bond acceptors (Lipinski definition) is 5. The van der Waals surface area contributed by atoms with Gasteiger partial charge in [-0.05, 0) is 18.2 Å². The molecule has 106 valence electrons. The first kappa shape index (κ1) is 14.2. The summed E-state index contributed by atoms with van der Waals surface area (Å²) >= 11 is 5.96. The van der Waals surface area contributed by atoms with Gasteiger partial charge in [0.1, 0.15) is 4.90 Å². The van der Waals surface area contributed by atoms with Gasteiger partial charge in [-0.25, -0.2) is 8.42 Å². The number of sulfonamides is 1. The summed E-state index contributed by atoms with van der Waals surface area (Å²) in [6.07, 6.45) is 2.40. The Balaban J connectivity index is 2.32. The molecule has 20 heavy (non-hydrogen) atoms. The quantitative estimate of drug-likeness (QED) is 0.288. The molecular formula is C10H10ClN5O3S. The van der Waals surface area contributed by atoms with Crippen molar-refractivity contribution in [2.24, 2.45) is 10.9 Å². The standard InChI is InChI=1S/C10H10ClN5O3S/c11-8-3-6(10(12)15-17)1-2-9(8)16-20(18,19)7-4-13-14-5-7/h1-5,16-17H,(H2,12,15)(H,13,14). The van der Waals surface area contributed by atoms with Crippen LogP contribution in [0.15, 0.2) is 40.6 Å². The van der Waals surface area contributed by atoms with Crippen LogP contribution in [-0.4, -0.2) is 29.7 Å². The number of amidine groups is 1. The molecule has 0 saturated carbocycles. The summed E-state index contributed by atoms with van der Waals surface area (Å²) in [5, 5.41) is 17.5. The molecule has 0 unspecified atom stereocenters. The molecule has 0 spiro atoms. The number of aromatic amines is 1. The fraction of sp³-hybridized carbons (Fsp3) is 0. The van der Waals surface area contributed by atoms with Crippen molar-refractivity contribution in [2.75, 3.05) is 4.72 Å². The minimum absolute atomic E-state index is 0.0194. The second-order valence-corrected chi connectivity index (χ2v) is 5.81. The molecule has 10 heteroatoms. The van der Waals surface area contributed by atoms with Crippen LogP contribution in [0.25, 0.3) is 0 Å². The van der Waals surface area contributed by atoms with Gasteiger partial charge in [0.2, 0.25) is 0 Å². The van der Waals surface area contributed by atoms with Crippen LogP contribution in [0.1, 0.15) is 5.56 Å². The first-order chi connectivity index (χ1) is 9.44. The van der Waals surface area contributed by atoms with Crippen LogP contribution in [0.3, 0.4) is 0 Å². The van der Waals surface area contributed by atoms with Crippen LogP contribution < -0.4 is 10.5 Å². The van der Waals surface area contributed by atoms with E-state index in [1.54, 1.807) is 0 Å². The average molecular weight is 316 g/mol. The Hall–Kier alpha value is -2.26. The van der Waals surface area contributed by atoms with Gasteiger partial charge >= 0.3 is 0 Å². The number of nitrogens with one attached hydrogen (secondary N) is 2. The van der Waals surface area contributed by atoms with Crippen LogP contribution in [0.5, 0.6) is 0 Å². The van der Waals surface area contributed by atoms with Crippen LogP contribution >= 0.6 is 11.6 Å². The highest BCUT2D eigenvalue weighted by Crippen LogP contribution is 2.25. The summed E-state index contributed by atoms with van der Waals surface area (Å²) in [7, 11) is -3.77. The number of H-pyrrole nitrogens is 1. The van der Waals surface area contributed by atoms with E-state index in [2.05, 4.69) is 20.1 Å². The number of hydrogen-bond donors (Lipinski definition) is 4. The van der Waals surface area contributed by atoms with E-state index in [0.717, 1.165) is 0 Å². The summed E-state index contributed by atoms with van der Waals surface area (Å²) in [6, 6.07) is 4.26. The maximum absolute atomic E-state index is 12.0. The minimum atomic E-state index is -3.77. The summed E-state index contributed by atoms with van der Waals surface area (Å²) in [6.45, 7) is 0. The largest absolute Gasteiger partial charge is 0.409 e. The predicted octanol–water partition coefficient (Wildman–Crippen LogP) is 0.958. The molecule has 2 rings (SSSR count). The van der Waals surface area contributed by atoms with E-state index in [4.69, 9.17) is 22.5 Å². The molecule has 1 heterocycles. The Bertz CT molecular complexity index is 742. The van der Waals surface area contributed by atoms with Crippen LogP contribution in [-0.2, 0) is 10.0 Å². The monoisotopic (exact) mass is 315 g/mol. The second kappa shape index (κ2) is 5.39. The summed E-state index contributed by atoms with van der Waals surface area (Å²) < 4.78 is 26.3. The molecule has 0 radical (unpaired) electrons. The predicted molar refractivity (Wildman–Crippen MR) is 73.4 cm³/mol. The fourth-order valence-corrected chi connectivity index (χ4v) is 2.67. The lowest BCUT2D eigenvalue weighted by molar-refractivity contribution is 0.318. The highest BCUT2D eigenvalue weighted by atomic mass is 35.5. The number of nitrogens with two attached hydrogens (primary N) is 1. The smallest absolute Gasteiger partial charge is 0.265 e. The van der Waals surface area contributed by atoms with Gasteiger partial charge in [-0.3, -0.25) is 9.82 Å². The Morgan fingerprint density at radius 3 is 2.80 bits per heavy atom. The normalized spacial score (nSPS) is 12.3. The van der Waals surface area contributed by atoms with Gasteiger partial charge in [-0.2, -0.15) is 5.10 Å². The maximum Gasteiger partial charge on any atom is 0.265 e. The zero-order valence-electron chi connectivity index (χ0n) is 9.91. The lowest BCUT2D eigenvalue weighted by Gasteiger charge is -2.09. The molecule has 8 nitrogen and oxygen atoms in total. The molecule has 0 fully saturated rings. The maximum atomic E-state index is 12.0. The third-order valence-electron chi connectivity index (χ3n) is 2.40. The second-order valence-electron chi connectivity index (χ2n) is 3.72. The highest BCUT2D eigenvalue weighted by Gasteiger charge is 2.17. The molecule has 0 aliphatic heterocycles. The molecule has 0 bridgehead atoms. The first-order valence-corrected chi connectivity index (χ1v) is 7.09. The topological polar surface area (TPSA) is 133 Å². The molecule has 1 aromatic heterocycles. The molecule has 0 aliphatic rings. The number of nitrogens with zero attached hydrogens (tertiary/aromatic N) is 2. The van der Waals surface area contributed by atoms with Gasteiger partial charge in [0.25, 0.3) is 10.0 Å². The number of halogens is 1. The first-order valence-electron chi connectivity index (χ1n) is 5.23. The van der Waals surface area contributed by atoms with Crippen molar-refractivity contribution < 1.29 is 13.6 Å². The van der Waals surface area contributed by atoms with Crippen molar-refractivity contribution in [3.8, 4) is 0 Å². The van der Waals surface area contributed by atoms with E-state index >= 15 is 0 Å². The van der Waals surface area contributed by atoms with E-state index in [9.17, 15) is 8.42 Å². The molecule has 5 N–H and O–H groups in total. The molecule has 1 aromatic carbocycles.